The third kappa shape index (κ3) is 0.973. The SMILES string of the molecule is c1cnc2c3nccc-3cccc2c1. The van der Waals surface area contributed by atoms with Crippen LogP contribution in [0.4, 0.5) is 0 Å². The number of pyridine rings is 1. The van der Waals surface area contributed by atoms with Crippen LogP contribution in [0.5, 0.6) is 0 Å². The molecule has 0 bridgehead atoms. The standard InChI is InChI=1S/C12H8N2/c1-3-9-5-2-7-13-11(9)12-10(4-1)6-8-14-12/h1-8H. The summed E-state index contributed by atoms with van der Waals surface area (Å²) in [5, 5.41) is 1.13. The van der Waals surface area contributed by atoms with E-state index >= 15 is 0 Å². The average molecular weight is 180 g/mol. The predicted octanol–water partition coefficient (Wildman–Crippen LogP) is 2.73. The quantitative estimate of drug-likeness (QED) is 0.531. The van der Waals surface area contributed by atoms with Crippen LogP contribution in [0, 0.1) is 0 Å². The largest absolute Gasteiger partial charge is 0.254 e. The maximum atomic E-state index is 4.36. The molecule has 0 amide bonds. The van der Waals surface area contributed by atoms with Crippen molar-refractivity contribution in [2.45, 2.75) is 0 Å². The van der Waals surface area contributed by atoms with Gasteiger partial charge in [0.25, 0.3) is 0 Å². The minimum absolute atomic E-state index is 0.970. The molecule has 0 spiro atoms. The van der Waals surface area contributed by atoms with Gasteiger partial charge in [0.05, 0.1) is 11.2 Å². The molecular formula is C12H8N2. The van der Waals surface area contributed by atoms with Crippen LogP contribution in [0.15, 0.2) is 48.8 Å². The van der Waals surface area contributed by atoms with Gasteiger partial charge in [-0.1, -0.05) is 24.3 Å². The number of aromatic nitrogens is 2. The molecule has 0 atom stereocenters. The Hall–Kier alpha value is -1.96. The van der Waals surface area contributed by atoms with E-state index in [1.807, 2.05) is 24.4 Å². The highest BCUT2D eigenvalue weighted by Crippen LogP contribution is 2.25. The van der Waals surface area contributed by atoms with Crippen molar-refractivity contribution in [3.63, 3.8) is 0 Å². The second kappa shape index (κ2) is 2.77. The molecule has 0 N–H and O–H groups in total. The van der Waals surface area contributed by atoms with E-state index in [9.17, 15) is 0 Å². The van der Waals surface area contributed by atoms with Gasteiger partial charge in [0.15, 0.2) is 0 Å². The number of nitrogens with zero attached hydrogens (tertiary/aromatic N) is 2. The van der Waals surface area contributed by atoms with Crippen molar-refractivity contribution in [2.75, 3.05) is 0 Å². The van der Waals surface area contributed by atoms with Gasteiger partial charge in [-0.15, -0.1) is 0 Å². The normalized spacial score (nSPS) is 10.9. The summed E-state index contributed by atoms with van der Waals surface area (Å²) in [6, 6.07) is 12.2. The molecular weight excluding hydrogens is 172 g/mol. The molecule has 3 rings (SSSR count). The van der Waals surface area contributed by atoms with Gasteiger partial charge in [0.1, 0.15) is 0 Å². The van der Waals surface area contributed by atoms with Crippen LogP contribution in [0.1, 0.15) is 0 Å². The minimum Gasteiger partial charge on any atom is -0.254 e. The van der Waals surface area contributed by atoms with Crippen LogP contribution in [0.25, 0.3) is 22.2 Å². The Morgan fingerprint density at radius 1 is 0.786 bits per heavy atom. The second-order valence-corrected chi connectivity index (χ2v) is 3.22. The molecule has 0 radical (unpaired) electrons. The maximum Gasteiger partial charge on any atom is 0.0965 e. The Balaban J connectivity index is 2.56. The summed E-state index contributed by atoms with van der Waals surface area (Å²) >= 11 is 0. The first kappa shape index (κ1) is 7.44. The summed E-state index contributed by atoms with van der Waals surface area (Å²) in [6.45, 7) is 0. The molecule has 66 valence electrons. The molecule has 1 aliphatic heterocycles. The van der Waals surface area contributed by atoms with Gasteiger partial charge in [-0.25, -0.2) is 0 Å². The lowest BCUT2D eigenvalue weighted by molar-refractivity contribution is 1.37. The van der Waals surface area contributed by atoms with E-state index in [4.69, 9.17) is 0 Å². The lowest BCUT2D eigenvalue weighted by Crippen LogP contribution is -1.78. The Kier molecular flexibility index (Phi) is 1.47. The van der Waals surface area contributed by atoms with E-state index in [0.717, 1.165) is 22.2 Å². The molecule has 2 heteroatoms. The monoisotopic (exact) mass is 180 g/mol. The van der Waals surface area contributed by atoms with Crippen LogP contribution in [-0.4, -0.2) is 9.97 Å². The zero-order valence-corrected chi connectivity index (χ0v) is 7.51. The van der Waals surface area contributed by atoms with E-state index in [0.29, 0.717) is 0 Å². The molecule has 2 aliphatic rings. The summed E-state index contributed by atoms with van der Waals surface area (Å²) in [7, 11) is 0. The smallest absolute Gasteiger partial charge is 0.0965 e. The van der Waals surface area contributed by atoms with E-state index in [-0.39, 0.29) is 0 Å². The highest BCUT2D eigenvalue weighted by atomic mass is 14.7. The second-order valence-electron chi connectivity index (χ2n) is 3.22. The zero-order chi connectivity index (χ0) is 9.38. The van der Waals surface area contributed by atoms with Crippen molar-refractivity contribution in [1.29, 1.82) is 0 Å². The molecule has 0 saturated heterocycles. The number of rotatable bonds is 0. The molecule has 0 aromatic carbocycles. The van der Waals surface area contributed by atoms with Crippen molar-refractivity contribution < 1.29 is 0 Å². The van der Waals surface area contributed by atoms with E-state index in [1.165, 1.54) is 0 Å². The number of fused-ring (bicyclic) bond motifs is 3. The van der Waals surface area contributed by atoms with Crippen LogP contribution < -0.4 is 0 Å². The van der Waals surface area contributed by atoms with E-state index in [1.54, 1.807) is 6.20 Å². The van der Waals surface area contributed by atoms with Gasteiger partial charge < -0.3 is 0 Å². The van der Waals surface area contributed by atoms with Crippen molar-refractivity contribution in [2.24, 2.45) is 0 Å². The van der Waals surface area contributed by atoms with Gasteiger partial charge in [-0.3, -0.25) is 9.97 Å². The zero-order valence-electron chi connectivity index (χ0n) is 7.51. The maximum absolute atomic E-state index is 4.36. The highest BCUT2D eigenvalue weighted by molar-refractivity contribution is 5.91. The lowest BCUT2D eigenvalue weighted by Gasteiger charge is -1.94. The van der Waals surface area contributed by atoms with Gasteiger partial charge in [-0.2, -0.15) is 0 Å². The fourth-order valence-electron chi connectivity index (χ4n) is 1.68. The van der Waals surface area contributed by atoms with E-state index in [2.05, 4.69) is 28.2 Å². The van der Waals surface area contributed by atoms with Crippen molar-refractivity contribution in [3.8, 4) is 11.3 Å². The highest BCUT2D eigenvalue weighted by Gasteiger charge is 2.06. The summed E-state index contributed by atoms with van der Waals surface area (Å²) in [4.78, 5) is 8.68. The summed E-state index contributed by atoms with van der Waals surface area (Å²) < 4.78 is 0. The first-order valence-electron chi connectivity index (χ1n) is 4.53. The van der Waals surface area contributed by atoms with Crippen LogP contribution in [0.3, 0.4) is 0 Å². The molecule has 1 aromatic heterocycles. The third-order valence-corrected chi connectivity index (χ3v) is 2.35. The van der Waals surface area contributed by atoms with Crippen LogP contribution >= 0.6 is 0 Å². The average Bonchev–Trinajstić information content (AvgIpc) is 2.61. The predicted molar refractivity (Wildman–Crippen MR) is 56.2 cm³/mol. The topological polar surface area (TPSA) is 25.8 Å². The summed E-state index contributed by atoms with van der Waals surface area (Å²) in [5.74, 6) is 0. The number of hydrogen-bond donors (Lipinski definition) is 0. The molecule has 2 nitrogen and oxygen atoms in total. The first-order chi connectivity index (χ1) is 6.95. The Morgan fingerprint density at radius 2 is 1.71 bits per heavy atom. The Bertz CT molecular complexity index is 560. The molecule has 0 fully saturated rings. The van der Waals surface area contributed by atoms with E-state index < -0.39 is 0 Å². The number of hydrogen-bond acceptors (Lipinski definition) is 2. The van der Waals surface area contributed by atoms with Crippen molar-refractivity contribution >= 4 is 10.9 Å². The molecule has 0 unspecified atom stereocenters. The lowest BCUT2D eigenvalue weighted by atomic mass is 10.2. The van der Waals surface area contributed by atoms with Crippen LogP contribution in [0.2, 0.25) is 0 Å². The Labute approximate surface area is 81.6 Å². The molecule has 1 aliphatic carbocycles. The molecule has 14 heavy (non-hydrogen) atoms. The minimum atomic E-state index is 0.970. The molecule has 2 heterocycles. The summed E-state index contributed by atoms with van der Waals surface area (Å²) in [6.07, 6.45) is 3.62. The fourth-order valence-corrected chi connectivity index (χ4v) is 1.68. The molecule has 0 saturated carbocycles. The van der Waals surface area contributed by atoms with Gasteiger partial charge in [0, 0.05) is 23.3 Å². The Morgan fingerprint density at radius 3 is 2.71 bits per heavy atom. The molecule has 1 aromatic rings. The van der Waals surface area contributed by atoms with Crippen molar-refractivity contribution in [3.05, 3.63) is 48.8 Å². The van der Waals surface area contributed by atoms with Gasteiger partial charge >= 0.3 is 0 Å². The fraction of sp³-hybridized carbons (Fsp3) is 0. The van der Waals surface area contributed by atoms with Gasteiger partial charge in [0.2, 0.25) is 0 Å². The first-order valence-corrected chi connectivity index (χ1v) is 4.53. The van der Waals surface area contributed by atoms with Gasteiger partial charge in [-0.05, 0) is 12.1 Å². The third-order valence-electron chi connectivity index (χ3n) is 2.35. The van der Waals surface area contributed by atoms with Crippen LogP contribution in [-0.2, 0) is 0 Å². The summed E-state index contributed by atoms with van der Waals surface area (Å²) in [5.41, 5.74) is 3.09. The van der Waals surface area contributed by atoms with Crippen molar-refractivity contribution in [1.82, 2.24) is 9.97 Å².